The molecule has 1 heterocycles. The van der Waals surface area contributed by atoms with Gasteiger partial charge < -0.3 is 10.1 Å². The summed E-state index contributed by atoms with van der Waals surface area (Å²) < 4.78 is 4.97. The molecule has 3 aromatic rings. The van der Waals surface area contributed by atoms with Crippen LogP contribution in [-0.4, -0.2) is 28.4 Å². The monoisotopic (exact) mass is 397 g/mol. The number of hydrogen-bond acceptors (Lipinski definition) is 7. The van der Waals surface area contributed by atoms with E-state index in [1.165, 1.54) is 23.5 Å². The quantitative estimate of drug-likeness (QED) is 0.384. The number of rotatable bonds is 6. The number of benzene rings is 2. The molecule has 0 aliphatic heterocycles. The van der Waals surface area contributed by atoms with Crippen molar-refractivity contribution in [2.24, 2.45) is 0 Å². The van der Waals surface area contributed by atoms with E-state index in [2.05, 4.69) is 10.3 Å². The lowest BCUT2D eigenvalue weighted by atomic mass is 10.1. The highest BCUT2D eigenvalue weighted by atomic mass is 32.1. The number of nitro groups is 1. The lowest BCUT2D eigenvalue weighted by Gasteiger charge is -2.09. The Morgan fingerprint density at radius 2 is 1.93 bits per heavy atom. The summed E-state index contributed by atoms with van der Waals surface area (Å²) in [6, 6.07) is 13.8. The second-order valence-corrected chi connectivity index (χ2v) is 6.61. The third-order valence-corrected chi connectivity index (χ3v) is 4.67. The molecule has 0 spiro atoms. The molecule has 1 aromatic heterocycles. The van der Waals surface area contributed by atoms with Crippen LogP contribution in [0.4, 0.5) is 11.4 Å². The standard InChI is InChI=1S/C19H15N3O5S/c1-12-6-5-9-15(22(25)26)17(12)21-16(23)10-27-19(24)14-11-28-18(20-14)13-7-3-2-4-8-13/h2-9,11H,10H2,1H3,(H,21,23). The zero-order valence-electron chi connectivity index (χ0n) is 14.7. The summed E-state index contributed by atoms with van der Waals surface area (Å²) in [6.45, 7) is 1.05. The van der Waals surface area contributed by atoms with Gasteiger partial charge in [-0.05, 0) is 12.5 Å². The van der Waals surface area contributed by atoms with Crippen LogP contribution >= 0.6 is 11.3 Å². The number of thiazole rings is 1. The van der Waals surface area contributed by atoms with Gasteiger partial charge in [0.1, 0.15) is 10.7 Å². The van der Waals surface area contributed by atoms with Crippen molar-refractivity contribution in [3.05, 3.63) is 75.3 Å². The Kier molecular flexibility index (Phi) is 5.75. The molecule has 0 bridgehead atoms. The summed E-state index contributed by atoms with van der Waals surface area (Å²) in [6.07, 6.45) is 0. The number of amides is 1. The molecule has 0 unspecified atom stereocenters. The molecule has 8 nitrogen and oxygen atoms in total. The molecule has 3 rings (SSSR count). The van der Waals surface area contributed by atoms with Crippen LogP contribution in [0.15, 0.2) is 53.9 Å². The van der Waals surface area contributed by atoms with Crippen molar-refractivity contribution < 1.29 is 19.2 Å². The molecular weight excluding hydrogens is 382 g/mol. The number of para-hydroxylation sites is 1. The van der Waals surface area contributed by atoms with E-state index in [0.717, 1.165) is 5.56 Å². The first-order valence-corrected chi connectivity index (χ1v) is 9.05. The fourth-order valence-corrected chi connectivity index (χ4v) is 3.22. The zero-order chi connectivity index (χ0) is 20.1. The maximum Gasteiger partial charge on any atom is 0.358 e. The molecular formula is C19H15N3O5S. The average molecular weight is 397 g/mol. The van der Waals surface area contributed by atoms with Gasteiger partial charge in [0, 0.05) is 17.0 Å². The molecule has 0 radical (unpaired) electrons. The summed E-state index contributed by atoms with van der Waals surface area (Å²) in [4.78, 5) is 38.9. The summed E-state index contributed by atoms with van der Waals surface area (Å²) in [5, 5.41) is 15.7. The average Bonchev–Trinajstić information content (AvgIpc) is 3.18. The van der Waals surface area contributed by atoms with Crippen molar-refractivity contribution in [1.82, 2.24) is 4.98 Å². The molecule has 1 amide bonds. The number of esters is 1. The largest absolute Gasteiger partial charge is 0.451 e. The molecule has 1 N–H and O–H groups in total. The Balaban J connectivity index is 1.62. The highest BCUT2D eigenvalue weighted by molar-refractivity contribution is 7.13. The van der Waals surface area contributed by atoms with E-state index in [1.54, 1.807) is 18.4 Å². The summed E-state index contributed by atoms with van der Waals surface area (Å²) >= 11 is 1.29. The van der Waals surface area contributed by atoms with E-state index in [4.69, 9.17) is 4.74 Å². The SMILES string of the molecule is Cc1cccc([N+](=O)[O-])c1NC(=O)COC(=O)c1csc(-c2ccccc2)n1. The smallest absolute Gasteiger partial charge is 0.358 e. The Morgan fingerprint density at radius 3 is 2.64 bits per heavy atom. The fourth-order valence-electron chi connectivity index (χ4n) is 2.43. The molecule has 28 heavy (non-hydrogen) atoms. The number of nitrogens with zero attached hydrogens (tertiary/aromatic N) is 2. The third-order valence-electron chi connectivity index (χ3n) is 3.78. The Morgan fingerprint density at radius 1 is 1.18 bits per heavy atom. The number of anilines is 1. The van der Waals surface area contributed by atoms with Crippen molar-refractivity contribution >= 4 is 34.6 Å². The Labute approximate surface area is 164 Å². The number of nitrogens with one attached hydrogen (secondary N) is 1. The van der Waals surface area contributed by atoms with E-state index in [1.807, 2.05) is 30.3 Å². The molecule has 9 heteroatoms. The minimum Gasteiger partial charge on any atom is -0.451 e. The highest BCUT2D eigenvalue weighted by Gasteiger charge is 2.19. The lowest BCUT2D eigenvalue weighted by Crippen LogP contribution is -2.22. The van der Waals surface area contributed by atoms with Gasteiger partial charge in [0.25, 0.3) is 11.6 Å². The number of carbonyl (C=O) groups is 2. The van der Waals surface area contributed by atoms with Crippen LogP contribution in [-0.2, 0) is 9.53 Å². The van der Waals surface area contributed by atoms with E-state index in [0.29, 0.717) is 10.6 Å². The van der Waals surface area contributed by atoms with Gasteiger partial charge in [0.2, 0.25) is 0 Å². The molecule has 0 saturated heterocycles. The van der Waals surface area contributed by atoms with Gasteiger partial charge in [0.15, 0.2) is 12.3 Å². The van der Waals surface area contributed by atoms with E-state index >= 15 is 0 Å². The number of carbonyl (C=O) groups excluding carboxylic acids is 2. The Hall–Kier alpha value is -3.59. The van der Waals surface area contributed by atoms with Gasteiger partial charge in [-0.25, -0.2) is 9.78 Å². The first kappa shape index (κ1) is 19.2. The van der Waals surface area contributed by atoms with E-state index < -0.39 is 23.4 Å². The lowest BCUT2D eigenvalue weighted by molar-refractivity contribution is -0.384. The second-order valence-electron chi connectivity index (χ2n) is 5.75. The molecule has 0 aliphatic rings. The van der Waals surface area contributed by atoms with Gasteiger partial charge in [-0.3, -0.25) is 14.9 Å². The second kappa shape index (κ2) is 8.40. The predicted molar refractivity (Wildman–Crippen MR) is 104 cm³/mol. The minimum absolute atomic E-state index is 0.0774. The summed E-state index contributed by atoms with van der Waals surface area (Å²) in [5.41, 5.74) is 1.34. The number of nitro benzene ring substituents is 1. The Bertz CT molecular complexity index is 1030. The highest BCUT2D eigenvalue weighted by Crippen LogP contribution is 2.27. The molecule has 0 atom stereocenters. The summed E-state index contributed by atoms with van der Waals surface area (Å²) in [5.74, 6) is -1.42. The number of aryl methyl sites for hydroxylation is 1. The van der Waals surface area contributed by atoms with Gasteiger partial charge in [0.05, 0.1) is 4.92 Å². The van der Waals surface area contributed by atoms with Crippen LogP contribution in [0.2, 0.25) is 0 Å². The third kappa shape index (κ3) is 4.38. The number of hydrogen-bond donors (Lipinski definition) is 1. The molecule has 2 aromatic carbocycles. The first-order valence-electron chi connectivity index (χ1n) is 8.17. The molecule has 142 valence electrons. The van der Waals surface area contributed by atoms with Crippen LogP contribution in [0.25, 0.3) is 10.6 Å². The molecule has 0 aliphatic carbocycles. The maximum atomic E-state index is 12.1. The molecule has 0 saturated carbocycles. The van der Waals surface area contributed by atoms with Crippen molar-refractivity contribution in [2.75, 3.05) is 11.9 Å². The normalized spacial score (nSPS) is 10.3. The van der Waals surface area contributed by atoms with Gasteiger partial charge in [-0.1, -0.05) is 42.5 Å². The van der Waals surface area contributed by atoms with Crippen LogP contribution in [0.5, 0.6) is 0 Å². The molecule has 0 fully saturated rings. The van der Waals surface area contributed by atoms with Crippen molar-refractivity contribution in [1.29, 1.82) is 0 Å². The fraction of sp³-hybridized carbons (Fsp3) is 0.105. The number of aromatic nitrogens is 1. The summed E-state index contributed by atoms with van der Waals surface area (Å²) in [7, 11) is 0. The minimum atomic E-state index is -0.743. The van der Waals surface area contributed by atoms with Gasteiger partial charge in [-0.2, -0.15) is 0 Å². The number of ether oxygens (including phenoxy) is 1. The van der Waals surface area contributed by atoms with Crippen molar-refractivity contribution in [3.8, 4) is 10.6 Å². The predicted octanol–water partition coefficient (Wildman–Crippen LogP) is 3.82. The van der Waals surface area contributed by atoms with Crippen LogP contribution in [0, 0.1) is 17.0 Å². The van der Waals surface area contributed by atoms with Crippen molar-refractivity contribution in [2.45, 2.75) is 6.92 Å². The first-order chi connectivity index (χ1) is 13.5. The van der Waals surface area contributed by atoms with Gasteiger partial charge >= 0.3 is 5.97 Å². The zero-order valence-corrected chi connectivity index (χ0v) is 15.6. The van der Waals surface area contributed by atoms with E-state index in [9.17, 15) is 19.7 Å². The topological polar surface area (TPSA) is 111 Å². The van der Waals surface area contributed by atoms with E-state index in [-0.39, 0.29) is 17.1 Å². The van der Waals surface area contributed by atoms with Crippen LogP contribution < -0.4 is 5.32 Å². The van der Waals surface area contributed by atoms with Crippen LogP contribution in [0.1, 0.15) is 16.1 Å². The van der Waals surface area contributed by atoms with Crippen molar-refractivity contribution in [3.63, 3.8) is 0 Å². The van der Waals surface area contributed by atoms with Gasteiger partial charge in [-0.15, -0.1) is 11.3 Å². The maximum absolute atomic E-state index is 12.1. The van der Waals surface area contributed by atoms with Crippen LogP contribution in [0.3, 0.4) is 0 Å².